The van der Waals surface area contributed by atoms with Crippen molar-refractivity contribution in [1.82, 2.24) is 15.5 Å². The fraction of sp³-hybridized carbons (Fsp3) is 0.392. The molecule has 4 atom stereocenters. The number of carbonyl (C=O) groups excluding carboxylic acids is 7. The number of rotatable bonds is 15. The van der Waals surface area contributed by atoms with Crippen LogP contribution in [0.15, 0.2) is 78.9 Å². The van der Waals surface area contributed by atoms with E-state index in [4.69, 9.17) is 23.2 Å². The molecular formula is C51H51Cl2FN6O7. The summed E-state index contributed by atoms with van der Waals surface area (Å²) in [6.07, 6.45) is 9.54. The summed E-state index contributed by atoms with van der Waals surface area (Å²) in [5.41, 5.74) is 1.14. The van der Waals surface area contributed by atoms with Gasteiger partial charge in [-0.2, -0.15) is 0 Å². The predicted molar refractivity (Wildman–Crippen MR) is 252 cm³/mol. The first-order valence-corrected chi connectivity index (χ1v) is 24.0. The molecule has 9 rings (SSSR count). The number of halogens is 3. The van der Waals surface area contributed by atoms with Gasteiger partial charge in [0.25, 0.3) is 11.8 Å². The van der Waals surface area contributed by atoms with Crippen LogP contribution in [-0.4, -0.2) is 70.3 Å². The van der Waals surface area contributed by atoms with Gasteiger partial charge in [0.2, 0.25) is 23.6 Å². The van der Waals surface area contributed by atoms with E-state index in [1.54, 1.807) is 66.7 Å². The number of unbranched alkanes of at least 4 members (excludes halogenated alkanes) is 5. The highest BCUT2D eigenvalue weighted by Crippen LogP contribution is 2.63. The molecule has 13 nitrogen and oxygen atoms in total. The van der Waals surface area contributed by atoms with Gasteiger partial charge in [-0.3, -0.25) is 49.1 Å². The first-order chi connectivity index (χ1) is 32.3. The molecule has 3 fully saturated rings. The summed E-state index contributed by atoms with van der Waals surface area (Å²) < 4.78 is 16.3. The minimum Gasteiger partial charge on any atom is -0.384 e. The van der Waals surface area contributed by atoms with Gasteiger partial charge in [0.05, 0.1) is 22.2 Å². The molecule has 16 heteroatoms. The number of imide groups is 2. The molecule has 5 aliphatic rings. The largest absolute Gasteiger partial charge is 0.384 e. The van der Waals surface area contributed by atoms with Gasteiger partial charge in [0.15, 0.2) is 5.78 Å². The van der Waals surface area contributed by atoms with Gasteiger partial charge in [-0.05, 0) is 97.8 Å². The molecule has 4 heterocycles. The highest BCUT2D eigenvalue weighted by molar-refractivity contribution is 6.31. The quantitative estimate of drug-likeness (QED) is 0.0442. The van der Waals surface area contributed by atoms with Gasteiger partial charge in [-0.1, -0.05) is 92.4 Å². The molecule has 1 aliphatic carbocycles. The lowest BCUT2D eigenvalue weighted by Crippen LogP contribution is -2.60. The number of Topliss-reactive ketones (excluding diaryl/α,β-unsaturated/α-hetero) is 1. The Morgan fingerprint density at radius 1 is 0.806 bits per heavy atom. The molecule has 1 saturated carbocycles. The summed E-state index contributed by atoms with van der Waals surface area (Å²) in [7, 11) is 0. The zero-order chi connectivity index (χ0) is 47.0. The molecule has 4 aliphatic heterocycles. The zero-order valence-electron chi connectivity index (χ0n) is 36.8. The molecule has 0 bridgehead atoms. The van der Waals surface area contributed by atoms with E-state index in [0.29, 0.717) is 65.4 Å². The number of anilines is 3. The predicted octanol–water partition coefficient (Wildman–Crippen LogP) is 8.85. The Morgan fingerprint density at radius 2 is 1.54 bits per heavy atom. The van der Waals surface area contributed by atoms with Crippen molar-refractivity contribution in [3.05, 3.63) is 123 Å². The Balaban J connectivity index is 0.774. The molecule has 5 N–H and O–H groups in total. The number of hydrogen-bond acceptors (Lipinski definition) is 9. The van der Waals surface area contributed by atoms with Gasteiger partial charge in [-0.15, -0.1) is 0 Å². The van der Waals surface area contributed by atoms with E-state index in [0.717, 1.165) is 56.3 Å². The van der Waals surface area contributed by atoms with E-state index in [1.165, 1.54) is 6.07 Å². The van der Waals surface area contributed by atoms with Crippen LogP contribution in [-0.2, 0) is 24.6 Å². The molecule has 4 aromatic rings. The summed E-state index contributed by atoms with van der Waals surface area (Å²) in [4.78, 5) is 93.9. The zero-order valence-corrected chi connectivity index (χ0v) is 38.3. The number of piperidine rings is 1. The summed E-state index contributed by atoms with van der Waals surface area (Å²) in [6, 6.07) is 19.6. The molecule has 2 saturated heterocycles. The van der Waals surface area contributed by atoms with E-state index in [9.17, 15) is 33.6 Å². The molecule has 0 radical (unpaired) electrons. The first kappa shape index (κ1) is 46.2. The smallest absolute Gasteiger partial charge is 0.264 e. The highest BCUT2D eigenvalue weighted by Gasteiger charge is 2.72. The summed E-state index contributed by atoms with van der Waals surface area (Å²) in [5.74, 6) is -4.57. The van der Waals surface area contributed by atoms with Crippen molar-refractivity contribution in [2.24, 2.45) is 0 Å². The van der Waals surface area contributed by atoms with Crippen LogP contribution in [0.25, 0.3) is 0 Å². The van der Waals surface area contributed by atoms with Crippen LogP contribution in [0.1, 0.15) is 138 Å². The second-order valence-electron chi connectivity index (χ2n) is 18.3. The third kappa shape index (κ3) is 8.31. The van der Waals surface area contributed by atoms with Crippen molar-refractivity contribution >= 4 is 81.5 Å². The topological polar surface area (TPSA) is 183 Å². The van der Waals surface area contributed by atoms with E-state index < -0.39 is 64.3 Å². The fourth-order valence-corrected chi connectivity index (χ4v) is 11.7. The van der Waals surface area contributed by atoms with Gasteiger partial charge < -0.3 is 16.0 Å². The summed E-state index contributed by atoms with van der Waals surface area (Å²) >= 11 is 12.8. The minimum atomic E-state index is -1.35. The highest BCUT2D eigenvalue weighted by atomic mass is 35.5. The standard InChI is InChI=1S/C51H51Cl2FN6O7/c52-30-19-22-34-37(28-30)57-49(67)51(34)42(33-13-10-14-35(53)43(33)54)44(59-50(51)25-7-5-8-26-50)46(64)56-31-20-17-29(18-21-31)39(61)16-6-3-1-2-4-9-27-55-36-15-11-12-32-41(36)48(66)60(47(32)65)38-23-24-40(62)58-45(38)63/h10-15,17-22,28,38,42,44,55,59H,1-9,16,23-27H2,(H,56,64)(H,57,67)(H,58,62,63)/t38?,42-,44+,51+/m0/s1. The number of benzene rings is 4. The average molecular weight is 950 g/mol. The van der Waals surface area contributed by atoms with Crippen molar-refractivity contribution in [3.63, 3.8) is 0 Å². The lowest BCUT2D eigenvalue weighted by molar-refractivity contribution is -0.136. The van der Waals surface area contributed by atoms with Crippen molar-refractivity contribution in [2.75, 3.05) is 22.5 Å². The number of nitrogens with zero attached hydrogens (tertiary/aromatic N) is 1. The molecule has 1 unspecified atom stereocenters. The molecule has 348 valence electrons. The van der Waals surface area contributed by atoms with Crippen molar-refractivity contribution in [2.45, 2.75) is 119 Å². The Labute approximate surface area is 397 Å². The van der Waals surface area contributed by atoms with Crippen LogP contribution in [0, 0.1) is 5.82 Å². The van der Waals surface area contributed by atoms with E-state index in [-0.39, 0.29) is 46.2 Å². The van der Waals surface area contributed by atoms with Gasteiger partial charge in [0, 0.05) is 58.5 Å². The molecule has 6 amide bonds. The molecule has 67 heavy (non-hydrogen) atoms. The SMILES string of the molecule is O=C1CCC(N2C(=O)c3cccc(NCCCCCCCCC(=O)c4ccc(NC(=O)[C@@H]5NC6(CCCCC6)[C@@]6(C(=O)Nc7cc(Cl)ccc76)[C@H]5c5cccc(Cl)c5F)cc4)c3C2=O)C(=O)N1. The maximum absolute atomic E-state index is 16.3. The number of amides is 6. The van der Waals surface area contributed by atoms with Crippen LogP contribution in [0.4, 0.5) is 21.5 Å². The van der Waals surface area contributed by atoms with Gasteiger partial charge >= 0.3 is 0 Å². The lowest BCUT2D eigenvalue weighted by atomic mass is 9.55. The Hall–Kier alpha value is -5.96. The Bertz CT molecular complexity index is 2690. The number of hydrogen-bond donors (Lipinski definition) is 5. The number of carbonyl (C=O) groups is 7. The van der Waals surface area contributed by atoms with E-state index in [1.807, 2.05) is 6.07 Å². The Morgan fingerprint density at radius 3 is 2.30 bits per heavy atom. The normalized spacial score (nSPS) is 22.8. The number of ketones is 1. The maximum atomic E-state index is 16.3. The third-order valence-corrected chi connectivity index (χ3v) is 14.9. The van der Waals surface area contributed by atoms with Crippen LogP contribution >= 0.6 is 23.2 Å². The first-order valence-electron chi connectivity index (χ1n) is 23.2. The minimum absolute atomic E-state index is 0.0113. The van der Waals surface area contributed by atoms with Crippen LogP contribution in [0.5, 0.6) is 0 Å². The van der Waals surface area contributed by atoms with E-state index >= 15 is 4.39 Å². The lowest BCUT2D eigenvalue weighted by Gasteiger charge is -2.47. The van der Waals surface area contributed by atoms with Crippen LogP contribution in [0.2, 0.25) is 10.0 Å². The summed E-state index contributed by atoms with van der Waals surface area (Å²) in [5, 5.41) is 15.5. The van der Waals surface area contributed by atoms with Gasteiger partial charge in [-0.25, -0.2) is 4.39 Å². The third-order valence-electron chi connectivity index (χ3n) is 14.4. The monoisotopic (exact) mass is 948 g/mol. The maximum Gasteiger partial charge on any atom is 0.264 e. The van der Waals surface area contributed by atoms with Crippen LogP contribution < -0.4 is 26.6 Å². The Kier molecular flexibility index (Phi) is 13.1. The molecule has 4 aromatic carbocycles. The van der Waals surface area contributed by atoms with E-state index in [2.05, 4.69) is 26.6 Å². The fourth-order valence-electron chi connectivity index (χ4n) is 11.3. The molecule has 2 spiro atoms. The second-order valence-corrected chi connectivity index (χ2v) is 19.1. The van der Waals surface area contributed by atoms with Gasteiger partial charge in [0.1, 0.15) is 17.3 Å². The molecular weight excluding hydrogens is 898 g/mol. The second kappa shape index (κ2) is 19.0. The van der Waals surface area contributed by atoms with Crippen molar-refractivity contribution < 1.29 is 38.0 Å². The molecule has 0 aromatic heterocycles. The van der Waals surface area contributed by atoms with Crippen LogP contribution in [0.3, 0.4) is 0 Å². The average Bonchev–Trinajstić information content (AvgIpc) is 3.87. The summed E-state index contributed by atoms with van der Waals surface area (Å²) in [6.45, 7) is 0.576. The van der Waals surface area contributed by atoms with Crippen molar-refractivity contribution in [3.8, 4) is 0 Å². The van der Waals surface area contributed by atoms with Crippen molar-refractivity contribution in [1.29, 1.82) is 0 Å². The number of fused-ring (bicyclic) bond motifs is 4. The number of nitrogens with one attached hydrogen (secondary N) is 5.